The van der Waals surface area contributed by atoms with Crippen LogP contribution in [0, 0.1) is 17.2 Å². The van der Waals surface area contributed by atoms with Gasteiger partial charge in [0.1, 0.15) is 29.7 Å². The van der Waals surface area contributed by atoms with Gasteiger partial charge in [-0.1, -0.05) is 91.9 Å². The molecule has 2 N–H and O–H groups in total. The van der Waals surface area contributed by atoms with Crippen molar-refractivity contribution in [2.24, 2.45) is 5.92 Å². The van der Waals surface area contributed by atoms with E-state index in [2.05, 4.69) is 49.1 Å². The molecule has 60 heavy (non-hydrogen) atoms. The Morgan fingerprint density at radius 3 is 1.92 bits per heavy atom. The molecule has 0 aliphatic carbocycles. The van der Waals surface area contributed by atoms with E-state index in [4.69, 9.17) is 23.3 Å². The topological polar surface area (TPSA) is 152 Å². The smallest absolute Gasteiger partial charge is 0.324 e. The highest BCUT2D eigenvalue weighted by atomic mass is 31.2. The Bertz CT molecular complexity index is 1970. The fourth-order valence-electron chi connectivity index (χ4n) is 7.26. The van der Waals surface area contributed by atoms with E-state index in [0.717, 1.165) is 22.3 Å². The number of carbonyl (C=O) groups is 3. The molecule has 1 saturated heterocycles. The summed E-state index contributed by atoms with van der Waals surface area (Å²) in [7, 11) is 1.41. The van der Waals surface area contributed by atoms with Crippen LogP contribution in [0.3, 0.4) is 0 Å². The number of nitriles is 1. The van der Waals surface area contributed by atoms with Crippen LogP contribution in [0.25, 0.3) is 0 Å². The predicted octanol–water partition coefficient (Wildman–Crippen LogP) is 7.72. The van der Waals surface area contributed by atoms with Gasteiger partial charge in [-0.3, -0.25) is 14.9 Å². The first kappa shape index (κ1) is 45.7. The van der Waals surface area contributed by atoms with Gasteiger partial charge in [0.2, 0.25) is 11.8 Å². The molecule has 14 heteroatoms. The molecule has 1 aliphatic rings. The fourth-order valence-corrected chi connectivity index (χ4v) is 9.03. The van der Waals surface area contributed by atoms with Gasteiger partial charge in [-0.15, -0.1) is 0 Å². The molecule has 0 saturated carbocycles. The second kappa shape index (κ2) is 21.8. The molecule has 1 aliphatic heterocycles. The second-order valence-electron chi connectivity index (χ2n) is 15.0. The minimum Gasteiger partial charge on any atom is -0.497 e. The van der Waals surface area contributed by atoms with Crippen LogP contribution < -0.4 is 20.1 Å². The Kier molecular flexibility index (Phi) is 16.6. The number of hydrogen-bond acceptors (Lipinski definition) is 10. The van der Waals surface area contributed by atoms with Crippen LogP contribution in [-0.2, 0) is 29.0 Å². The molecule has 1 heterocycles. The Labute approximate surface area is 354 Å². The van der Waals surface area contributed by atoms with Crippen molar-refractivity contribution < 1.29 is 37.6 Å². The van der Waals surface area contributed by atoms with Gasteiger partial charge in [0, 0.05) is 18.6 Å². The minimum absolute atomic E-state index is 0.00269. The van der Waals surface area contributed by atoms with Gasteiger partial charge in [0.05, 0.1) is 51.9 Å². The van der Waals surface area contributed by atoms with E-state index in [-0.39, 0.29) is 50.7 Å². The van der Waals surface area contributed by atoms with Gasteiger partial charge < -0.3 is 33.5 Å². The molecule has 0 radical (unpaired) electrons. The third kappa shape index (κ3) is 11.3. The summed E-state index contributed by atoms with van der Waals surface area (Å²) in [4.78, 5) is 40.8. The van der Waals surface area contributed by atoms with Gasteiger partial charge in [-0.25, -0.2) is 9.46 Å². The van der Waals surface area contributed by atoms with Crippen molar-refractivity contribution in [2.45, 2.75) is 70.9 Å². The lowest BCUT2D eigenvalue weighted by Crippen LogP contribution is -2.57. The first-order valence-corrected chi connectivity index (χ1v) is 21.2. The highest BCUT2D eigenvalue weighted by molar-refractivity contribution is 7.44. The SMILES string of the molecule is COc1ccc(C(OC[C@@H](NC(=O)CN2CC(C)C(=O)NC2=O)[C@H](OP(OCCC#N)N(C(C)C)C(C)C)c2ccccc2)(c2ccccc2)c2ccc(OC)cc2)cc1. The second-order valence-corrected chi connectivity index (χ2v) is 16.5. The molecule has 4 atom stereocenters. The van der Waals surface area contributed by atoms with Crippen molar-refractivity contribution in [3.05, 3.63) is 131 Å². The molecule has 4 amide bonds. The molecule has 4 aromatic carbocycles. The zero-order valence-electron chi connectivity index (χ0n) is 35.4. The molecule has 4 aromatic rings. The summed E-state index contributed by atoms with van der Waals surface area (Å²) >= 11 is 0. The van der Waals surface area contributed by atoms with Crippen LogP contribution in [0.4, 0.5) is 4.79 Å². The minimum atomic E-state index is -1.82. The maximum absolute atomic E-state index is 14.3. The maximum atomic E-state index is 14.3. The maximum Gasteiger partial charge on any atom is 0.324 e. The molecular formula is C46H56N5O8P. The summed E-state index contributed by atoms with van der Waals surface area (Å²) in [5, 5.41) is 15.0. The van der Waals surface area contributed by atoms with E-state index in [1.54, 1.807) is 21.1 Å². The van der Waals surface area contributed by atoms with Crippen LogP contribution in [0.5, 0.6) is 11.5 Å². The number of amides is 4. The summed E-state index contributed by atoms with van der Waals surface area (Å²) in [6.45, 7) is 9.72. The van der Waals surface area contributed by atoms with Gasteiger partial charge in [0.15, 0.2) is 0 Å². The van der Waals surface area contributed by atoms with E-state index in [9.17, 15) is 19.6 Å². The molecular weight excluding hydrogens is 782 g/mol. The molecule has 0 bridgehead atoms. The molecule has 2 unspecified atom stereocenters. The Balaban J connectivity index is 1.67. The summed E-state index contributed by atoms with van der Waals surface area (Å²) in [6.07, 6.45) is -0.701. The van der Waals surface area contributed by atoms with E-state index in [0.29, 0.717) is 11.5 Å². The van der Waals surface area contributed by atoms with Crippen molar-refractivity contribution in [2.75, 3.05) is 40.5 Å². The lowest BCUT2D eigenvalue weighted by molar-refractivity contribution is -0.129. The van der Waals surface area contributed by atoms with Gasteiger partial charge in [-0.2, -0.15) is 5.26 Å². The molecule has 13 nitrogen and oxygen atoms in total. The number of ether oxygens (including phenoxy) is 3. The van der Waals surface area contributed by atoms with Crippen molar-refractivity contribution in [1.82, 2.24) is 20.2 Å². The lowest BCUT2D eigenvalue weighted by atomic mass is 9.80. The normalized spacial score (nSPS) is 15.9. The van der Waals surface area contributed by atoms with E-state index in [1.807, 2.05) is 109 Å². The van der Waals surface area contributed by atoms with Gasteiger partial charge >= 0.3 is 6.03 Å². The predicted molar refractivity (Wildman–Crippen MR) is 230 cm³/mol. The molecule has 0 aromatic heterocycles. The first-order valence-electron chi connectivity index (χ1n) is 20.1. The highest BCUT2D eigenvalue weighted by Gasteiger charge is 2.42. The summed E-state index contributed by atoms with van der Waals surface area (Å²) in [6, 6.07) is 35.3. The molecule has 5 rings (SSSR count). The summed E-state index contributed by atoms with van der Waals surface area (Å²) < 4.78 is 34.1. The average Bonchev–Trinajstić information content (AvgIpc) is 3.25. The number of rotatable bonds is 21. The monoisotopic (exact) mass is 837 g/mol. The zero-order valence-corrected chi connectivity index (χ0v) is 36.3. The van der Waals surface area contributed by atoms with Crippen LogP contribution in [0.2, 0.25) is 0 Å². The number of imide groups is 1. The standard InChI is InChI=1S/C46H56N5O8P/c1-32(2)51(33(3)4)60(58-28-14-27-47)59-43(35-15-10-8-11-16-35)41(48-42(52)30-50-29-34(5)44(53)49-45(50)54)31-57-46(36-17-12-9-13-18-36,37-19-23-39(55-6)24-20-37)38-21-25-40(56-7)26-22-38/h8-13,15-26,32-34,41,43H,14,28-31H2,1-7H3,(H,48,52)(H,49,53,54)/t34?,41-,43-,60?/m1/s1. The molecule has 1 fully saturated rings. The van der Waals surface area contributed by atoms with Crippen molar-refractivity contribution in [3.8, 4) is 17.6 Å². The zero-order chi connectivity index (χ0) is 43.2. The summed E-state index contributed by atoms with van der Waals surface area (Å²) in [5.41, 5.74) is 1.89. The van der Waals surface area contributed by atoms with Crippen molar-refractivity contribution in [3.63, 3.8) is 0 Å². The number of methoxy groups -OCH3 is 2. The van der Waals surface area contributed by atoms with Gasteiger partial charge in [0.25, 0.3) is 8.53 Å². The van der Waals surface area contributed by atoms with Gasteiger partial charge in [-0.05, 0) is 74.2 Å². The number of benzene rings is 4. The van der Waals surface area contributed by atoms with Crippen LogP contribution in [-0.4, -0.2) is 86.1 Å². The lowest BCUT2D eigenvalue weighted by Gasteiger charge is -2.41. The Hall–Kier alpha value is -5.35. The van der Waals surface area contributed by atoms with Crippen molar-refractivity contribution >= 4 is 26.4 Å². The third-order valence-electron chi connectivity index (χ3n) is 10.2. The largest absolute Gasteiger partial charge is 0.497 e. The highest BCUT2D eigenvalue weighted by Crippen LogP contribution is 2.51. The third-order valence-corrected chi connectivity index (χ3v) is 12.3. The number of carbonyl (C=O) groups excluding carboxylic acids is 3. The van der Waals surface area contributed by atoms with Crippen LogP contribution >= 0.6 is 8.53 Å². The molecule has 318 valence electrons. The van der Waals surface area contributed by atoms with Crippen LogP contribution in [0.1, 0.15) is 69.4 Å². The van der Waals surface area contributed by atoms with E-state index < -0.39 is 44.1 Å². The quantitative estimate of drug-likeness (QED) is 0.0485. The van der Waals surface area contributed by atoms with E-state index >= 15 is 0 Å². The summed E-state index contributed by atoms with van der Waals surface area (Å²) in [5.74, 6) is -0.0357. The Morgan fingerprint density at radius 1 is 0.867 bits per heavy atom. The number of hydrogen-bond donors (Lipinski definition) is 2. The number of urea groups is 1. The first-order chi connectivity index (χ1) is 28.9. The Morgan fingerprint density at radius 2 is 1.40 bits per heavy atom. The average molecular weight is 838 g/mol. The number of nitrogens with one attached hydrogen (secondary N) is 2. The molecule has 0 spiro atoms. The number of nitrogens with zero attached hydrogens (tertiary/aromatic N) is 3. The fraction of sp³-hybridized carbons (Fsp3) is 0.391. The van der Waals surface area contributed by atoms with E-state index in [1.165, 1.54) is 4.90 Å². The van der Waals surface area contributed by atoms with Crippen molar-refractivity contribution in [1.29, 1.82) is 5.26 Å². The van der Waals surface area contributed by atoms with Crippen LogP contribution in [0.15, 0.2) is 109 Å².